The zero-order valence-electron chi connectivity index (χ0n) is 11.2. The summed E-state index contributed by atoms with van der Waals surface area (Å²) in [6.07, 6.45) is 3.00. The van der Waals surface area contributed by atoms with E-state index in [2.05, 4.69) is 19.9 Å². The van der Waals surface area contributed by atoms with E-state index in [1.165, 1.54) is 0 Å². The topological polar surface area (TPSA) is 44.0 Å². The second-order valence-electron chi connectivity index (χ2n) is 4.44. The molecular weight excluding hydrogens is 222 g/mol. The summed E-state index contributed by atoms with van der Waals surface area (Å²) in [5.74, 6) is 0. The van der Waals surface area contributed by atoms with Crippen molar-refractivity contribution in [1.29, 1.82) is 5.26 Å². The smallest absolute Gasteiger partial charge is 0.114 e. The van der Waals surface area contributed by atoms with Gasteiger partial charge in [0.15, 0.2) is 0 Å². The maximum atomic E-state index is 10.3. The molecule has 0 aromatic heterocycles. The van der Waals surface area contributed by atoms with E-state index >= 15 is 0 Å². The molecule has 1 N–H and O–H groups in total. The number of aliphatic hydroxyl groups excluding tert-OH is 1. The fourth-order valence-corrected chi connectivity index (χ4v) is 2.13. The van der Waals surface area contributed by atoms with Crippen molar-refractivity contribution in [2.24, 2.45) is 0 Å². The van der Waals surface area contributed by atoms with Crippen LogP contribution in [-0.2, 0) is 0 Å². The van der Waals surface area contributed by atoms with E-state index in [-0.39, 0.29) is 0 Å². The highest BCUT2D eigenvalue weighted by molar-refractivity contribution is 5.37. The molecule has 1 atom stereocenters. The zero-order chi connectivity index (χ0) is 13.4. The number of allylic oxidation sites excluding steroid dienone is 1. The Labute approximate surface area is 110 Å². The second kappa shape index (κ2) is 7.68. The van der Waals surface area contributed by atoms with Crippen LogP contribution in [0.2, 0.25) is 0 Å². The molecule has 0 aliphatic heterocycles. The molecule has 1 unspecified atom stereocenters. The third-order valence-electron chi connectivity index (χ3n) is 2.99. The van der Waals surface area contributed by atoms with E-state index in [9.17, 15) is 10.4 Å². The SMILES string of the molecule is CCCC(CCC)=C(C#N)C(O)c1ccccc1. The van der Waals surface area contributed by atoms with Crippen molar-refractivity contribution >= 4 is 0 Å². The van der Waals surface area contributed by atoms with E-state index in [4.69, 9.17) is 0 Å². The van der Waals surface area contributed by atoms with Gasteiger partial charge in [0.2, 0.25) is 0 Å². The Kier molecular flexibility index (Phi) is 6.18. The molecular formula is C16H21NO. The minimum atomic E-state index is -0.788. The molecule has 1 aromatic carbocycles. The van der Waals surface area contributed by atoms with Gasteiger partial charge in [-0.05, 0) is 18.4 Å². The van der Waals surface area contributed by atoms with Crippen LogP contribution in [0.25, 0.3) is 0 Å². The van der Waals surface area contributed by atoms with Crippen LogP contribution in [0.1, 0.15) is 51.2 Å². The van der Waals surface area contributed by atoms with Gasteiger partial charge in [-0.2, -0.15) is 5.26 Å². The van der Waals surface area contributed by atoms with E-state index in [1.807, 2.05) is 30.3 Å². The fourth-order valence-electron chi connectivity index (χ4n) is 2.13. The summed E-state index contributed by atoms with van der Waals surface area (Å²) in [4.78, 5) is 0. The van der Waals surface area contributed by atoms with E-state index in [0.717, 1.165) is 36.8 Å². The van der Waals surface area contributed by atoms with Gasteiger partial charge in [0, 0.05) is 0 Å². The number of nitriles is 1. The summed E-state index contributed by atoms with van der Waals surface area (Å²) in [6, 6.07) is 11.6. The van der Waals surface area contributed by atoms with Gasteiger partial charge in [-0.3, -0.25) is 0 Å². The van der Waals surface area contributed by atoms with Crippen LogP contribution in [0.4, 0.5) is 0 Å². The zero-order valence-corrected chi connectivity index (χ0v) is 11.2. The third kappa shape index (κ3) is 3.72. The first-order valence-corrected chi connectivity index (χ1v) is 6.59. The highest BCUT2D eigenvalue weighted by Crippen LogP contribution is 2.27. The summed E-state index contributed by atoms with van der Waals surface area (Å²) in [5.41, 5.74) is 2.42. The molecule has 0 aliphatic carbocycles. The van der Waals surface area contributed by atoms with Crippen LogP contribution in [0, 0.1) is 11.3 Å². The molecule has 0 saturated carbocycles. The molecule has 1 aromatic rings. The lowest BCUT2D eigenvalue weighted by atomic mass is 9.93. The van der Waals surface area contributed by atoms with Crippen LogP contribution >= 0.6 is 0 Å². The molecule has 0 aliphatic rings. The maximum Gasteiger partial charge on any atom is 0.114 e. The van der Waals surface area contributed by atoms with Crippen LogP contribution in [0.3, 0.4) is 0 Å². The predicted octanol–water partition coefficient (Wildman–Crippen LogP) is 4.14. The van der Waals surface area contributed by atoms with Gasteiger partial charge in [0.05, 0.1) is 11.6 Å². The first-order chi connectivity index (χ1) is 8.74. The maximum absolute atomic E-state index is 10.3. The van der Waals surface area contributed by atoms with Crippen LogP contribution in [0.5, 0.6) is 0 Å². The number of nitrogens with zero attached hydrogens (tertiary/aromatic N) is 1. The van der Waals surface area contributed by atoms with Crippen molar-refractivity contribution in [2.75, 3.05) is 0 Å². The van der Waals surface area contributed by atoms with Gasteiger partial charge < -0.3 is 5.11 Å². The normalized spacial score (nSPS) is 11.7. The summed E-state index contributed by atoms with van der Waals surface area (Å²) < 4.78 is 0. The molecule has 0 spiro atoms. The lowest BCUT2D eigenvalue weighted by Crippen LogP contribution is -2.04. The Morgan fingerprint density at radius 1 is 1.17 bits per heavy atom. The standard InChI is InChI=1S/C16H21NO/c1-3-8-13(9-4-2)15(12-17)16(18)14-10-6-5-7-11-14/h5-7,10-11,16,18H,3-4,8-9H2,1-2H3. The number of rotatable bonds is 6. The molecule has 0 radical (unpaired) electrons. The van der Waals surface area contributed by atoms with Crippen molar-refractivity contribution in [3.8, 4) is 6.07 Å². The fraction of sp³-hybridized carbons (Fsp3) is 0.438. The highest BCUT2D eigenvalue weighted by Gasteiger charge is 2.16. The Bertz CT molecular complexity index is 420. The Hall–Kier alpha value is -1.59. The average molecular weight is 243 g/mol. The Morgan fingerprint density at radius 3 is 2.17 bits per heavy atom. The quantitative estimate of drug-likeness (QED) is 0.763. The Morgan fingerprint density at radius 2 is 1.72 bits per heavy atom. The third-order valence-corrected chi connectivity index (χ3v) is 2.99. The molecule has 2 heteroatoms. The summed E-state index contributed by atoms with van der Waals surface area (Å²) in [5, 5.41) is 19.6. The highest BCUT2D eigenvalue weighted by atomic mass is 16.3. The molecule has 0 saturated heterocycles. The average Bonchev–Trinajstić information content (AvgIpc) is 2.41. The number of aliphatic hydroxyl groups is 1. The molecule has 96 valence electrons. The first kappa shape index (κ1) is 14.5. The number of hydrogen-bond acceptors (Lipinski definition) is 2. The summed E-state index contributed by atoms with van der Waals surface area (Å²) >= 11 is 0. The van der Waals surface area contributed by atoms with Gasteiger partial charge in [0.1, 0.15) is 6.10 Å². The van der Waals surface area contributed by atoms with E-state index in [0.29, 0.717) is 5.57 Å². The van der Waals surface area contributed by atoms with E-state index in [1.54, 1.807) is 0 Å². The molecule has 2 nitrogen and oxygen atoms in total. The summed E-state index contributed by atoms with van der Waals surface area (Å²) in [6.45, 7) is 4.19. The van der Waals surface area contributed by atoms with Crippen molar-refractivity contribution < 1.29 is 5.11 Å². The Balaban J connectivity index is 3.07. The van der Waals surface area contributed by atoms with Crippen LogP contribution in [0.15, 0.2) is 41.5 Å². The molecule has 18 heavy (non-hydrogen) atoms. The van der Waals surface area contributed by atoms with E-state index < -0.39 is 6.10 Å². The lowest BCUT2D eigenvalue weighted by Gasteiger charge is -2.15. The molecule has 0 bridgehead atoms. The number of benzene rings is 1. The second-order valence-corrected chi connectivity index (χ2v) is 4.44. The predicted molar refractivity (Wildman–Crippen MR) is 73.9 cm³/mol. The van der Waals surface area contributed by atoms with Gasteiger partial charge in [-0.25, -0.2) is 0 Å². The monoisotopic (exact) mass is 243 g/mol. The molecule has 0 fully saturated rings. The van der Waals surface area contributed by atoms with Crippen molar-refractivity contribution in [2.45, 2.75) is 45.6 Å². The van der Waals surface area contributed by atoms with Crippen molar-refractivity contribution in [3.63, 3.8) is 0 Å². The summed E-state index contributed by atoms with van der Waals surface area (Å²) in [7, 11) is 0. The van der Waals surface area contributed by atoms with Crippen LogP contribution < -0.4 is 0 Å². The minimum Gasteiger partial charge on any atom is -0.383 e. The molecule has 0 amide bonds. The van der Waals surface area contributed by atoms with Gasteiger partial charge >= 0.3 is 0 Å². The van der Waals surface area contributed by atoms with Gasteiger partial charge in [-0.1, -0.05) is 62.6 Å². The van der Waals surface area contributed by atoms with Crippen LogP contribution in [-0.4, -0.2) is 5.11 Å². The largest absolute Gasteiger partial charge is 0.383 e. The molecule has 1 rings (SSSR count). The first-order valence-electron chi connectivity index (χ1n) is 6.59. The lowest BCUT2D eigenvalue weighted by molar-refractivity contribution is 0.218. The minimum absolute atomic E-state index is 0.532. The van der Waals surface area contributed by atoms with Gasteiger partial charge in [0.25, 0.3) is 0 Å². The van der Waals surface area contributed by atoms with Gasteiger partial charge in [-0.15, -0.1) is 0 Å². The van der Waals surface area contributed by atoms with Crippen molar-refractivity contribution in [1.82, 2.24) is 0 Å². The van der Waals surface area contributed by atoms with Crippen molar-refractivity contribution in [3.05, 3.63) is 47.0 Å². The number of hydrogen-bond donors (Lipinski definition) is 1. The molecule has 0 heterocycles.